The van der Waals surface area contributed by atoms with E-state index in [9.17, 15) is 4.79 Å². The zero-order valence-electron chi connectivity index (χ0n) is 12.4. The summed E-state index contributed by atoms with van der Waals surface area (Å²) < 4.78 is 5.46. The minimum absolute atomic E-state index is 0.0115. The first-order valence-electron chi connectivity index (χ1n) is 7.60. The molecule has 0 heterocycles. The second kappa shape index (κ2) is 7.64. The molecule has 0 saturated heterocycles. The number of nitriles is 1. The van der Waals surface area contributed by atoms with Crippen molar-refractivity contribution >= 4 is 5.97 Å². The van der Waals surface area contributed by atoms with Crippen molar-refractivity contribution in [3.8, 4) is 11.8 Å². The Morgan fingerprint density at radius 1 is 1.29 bits per heavy atom. The molecule has 1 aromatic carbocycles. The Balaban J connectivity index is 1.84. The Morgan fingerprint density at radius 3 is 2.52 bits per heavy atom. The van der Waals surface area contributed by atoms with Gasteiger partial charge in [-0.25, -0.2) is 0 Å². The van der Waals surface area contributed by atoms with E-state index in [-0.39, 0.29) is 11.9 Å². The number of esters is 1. The predicted octanol–water partition coefficient (Wildman–Crippen LogP) is 4.04. The molecule has 0 aromatic heterocycles. The Hall–Kier alpha value is -2.08. The lowest BCUT2D eigenvalue weighted by Crippen LogP contribution is -2.25. The van der Waals surface area contributed by atoms with Crippen LogP contribution in [0, 0.1) is 23.2 Å². The van der Waals surface area contributed by atoms with Crippen LogP contribution in [0.2, 0.25) is 0 Å². The number of ether oxygens (including phenoxy) is 1. The summed E-state index contributed by atoms with van der Waals surface area (Å²) in [5, 5.41) is 8.53. The van der Waals surface area contributed by atoms with Gasteiger partial charge in [0.05, 0.1) is 12.0 Å². The second-order valence-electron chi connectivity index (χ2n) is 5.52. The van der Waals surface area contributed by atoms with E-state index in [0.29, 0.717) is 11.7 Å². The SMILES string of the molecule is CCc1ccc(OC(=O)C2CCC(/C=C/C#N)CC2)cc1. The zero-order valence-corrected chi connectivity index (χ0v) is 12.4. The molecule has 1 aliphatic carbocycles. The zero-order chi connectivity index (χ0) is 15.1. The van der Waals surface area contributed by atoms with E-state index >= 15 is 0 Å². The molecule has 0 aliphatic heterocycles. The van der Waals surface area contributed by atoms with Gasteiger partial charge in [0, 0.05) is 6.08 Å². The molecule has 1 aliphatic rings. The van der Waals surface area contributed by atoms with E-state index in [1.54, 1.807) is 6.08 Å². The Labute approximate surface area is 126 Å². The normalized spacial score (nSPS) is 21.9. The van der Waals surface area contributed by atoms with Crippen LogP contribution in [0.1, 0.15) is 38.2 Å². The van der Waals surface area contributed by atoms with Crippen LogP contribution in [0.3, 0.4) is 0 Å². The summed E-state index contributed by atoms with van der Waals surface area (Å²) in [6, 6.07) is 9.72. The Bertz CT molecular complexity index is 531. The molecule has 0 unspecified atom stereocenters. The van der Waals surface area contributed by atoms with E-state index in [1.165, 1.54) is 5.56 Å². The summed E-state index contributed by atoms with van der Waals surface area (Å²) in [4.78, 5) is 12.2. The van der Waals surface area contributed by atoms with Crippen LogP contribution < -0.4 is 4.74 Å². The van der Waals surface area contributed by atoms with Gasteiger partial charge in [0.2, 0.25) is 0 Å². The lowest BCUT2D eigenvalue weighted by Gasteiger charge is -2.25. The average Bonchev–Trinajstić information content (AvgIpc) is 2.54. The van der Waals surface area contributed by atoms with Gasteiger partial charge in [0.1, 0.15) is 5.75 Å². The fraction of sp³-hybridized carbons (Fsp3) is 0.444. The van der Waals surface area contributed by atoms with Crippen molar-refractivity contribution in [2.24, 2.45) is 11.8 Å². The van der Waals surface area contributed by atoms with E-state index in [2.05, 4.69) is 6.92 Å². The third-order valence-electron chi connectivity index (χ3n) is 4.10. The summed E-state index contributed by atoms with van der Waals surface area (Å²) in [6.45, 7) is 2.10. The third kappa shape index (κ3) is 4.46. The molecule has 0 spiro atoms. The molecule has 0 radical (unpaired) electrons. The van der Waals surface area contributed by atoms with Crippen LogP contribution in [0.25, 0.3) is 0 Å². The van der Waals surface area contributed by atoms with Crippen molar-refractivity contribution in [2.45, 2.75) is 39.0 Å². The highest BCUT2D eigenvalue weighted by molar-refractivity contribution is 5.75. The number of aryl methyl sites for hydroxylation is 1. The highest BCUT2D eigenvalue weighted by atomic mass is 16.5. The van der Waals surface area contributed by atoms with Crippen molar-refractivity contribution < 1.29 is 9.53 Å². The Kier molecular flexibility index (Phi) is 5.57. The first kappa shape index (κ1) is 15.3. The number of hydrogen-bond donors (Lipinski definition) is 0. The van der Waals surface area contributed by atoms with Gasteiger partial charge in [-0.05, 0) is 55.7 Å². The lowest BCUT2D eigenvalue weighted by molar-refractivity contribution is -0.140. The number of carbonyl (C=O) groups is 1. The fourth-order valence-corrected chi connectivity index (χ4v) is 2.72. The van der Waals surface area contributed by atoms with Crippen LogP contribution in [-0.2, 0) is 11.2 Å². The standard InChI is InChI=1S/C18H21NO2/c1-2-14-7-11-17(12-8-14)21-18(20)16-9-5-15(6-10-16)4-3-13-19/h3-4,7-8,11-12,15-16H,2,5-6,9-10H2,1H3/b4-3+. The van der Waals surface area contributed by atoms with Gasteiger partial charge >= 0.3 is 5.97 Å². The third-order valence-corrected chi connectivity index (χ3v) is 4.10. The van der Waals surface area contributed by atoms with Crippen molar-refractivity contribution in [3.05, 3.63) is 42.0 Å². The number of nitrogens with zero attached hydrogens (tertiary/aromatic N) is 1. The van der Waals surface area contributed by atoms with Crippen LogP contribution in [0.15, 0.2) is 36.4 Å². The second-order valence-corrected chi connectivity index (χ2v) is 5.52. The molecule has 1 saturated carbocycles. The minimum Gasteiger partial charge on any atom is -0.426 e. The van der Waals surface area contributed by atoms with E-state index in [1.807, 2.05) is 36.4 Å². The maximum atomic E-state index is 12.2. The lowest BCUT2D eigenvalue weighted by atomic mass is 9.82. The Morgan fingerprint density at radius 2 is 1.95 bits per heavy atom. The molecule has 2 rings (SSSR count). The number of carbonyl (C=O) groups excluding carboxylic acids is 1. The minimum atomic E-state index is -0.123. The highest BCUT2D eigenvalue weighted by Crippen LogP contribution is 2.30. The van der Waals surface area contributed by atoms with E-state index in [0.717, 1.165) is 32.1 Å². The predicted molar refractivity (Wildman–Crippen MR) is 81.7 cm³/mol. The van der Waals surface area contributed by atoms with Crippen molar-refractivity contribution in [3.63, 3.8) is 0 Å². The van der Waals surface area contributed by atoms with Gasteiger partial charge in [-0.3, -0.25) is 4.79 Å². The maximum Gasteiger partial charge on any atom is 0.314 e. The molecule has 0 atom stereocenters. The summed E-state index contributed by atoms with van der Waals surface area (Å²) in [7, 11) is 0. The average molecular weight is 283 g/mol. The van der Waals surface area contributed by atoms with Crippen molar-refractivity contribution in [2.75, 3.05) is 0 Å². The molecule has 3 nitrogen and oxygen atoms in total. The molecule has 3 heteroatoms. The summed E-state index contributed by atoms with van der Waals surface area (Å²) >= 11 is 0. The molecule has 1 aromatic rings. The molecule has 110 valence electrons. The van der Waals surface area contributed by atoms with Gasteiger partial charge in [-0.2, -0.15) is 5.26 Å². The van der Waals surface area contributed by atoms with Gasteiger partial charge in [-0.15, -0.1) is 0 Å². The maximum absolute atomic E-state index is 12.2. The topological polar surface area (TPSA) is 50.1 Å². The number of benzene rings is 1. The van der Waals surface area contributed by atoms with Crippen LogP contribution in [-0.4, -0.2) is 5.97 Å². The molecule has 21 heavy (non-hydrogen) atoms. The van der Waals surface area contributed by atoms with Gasteiger partial charge in [0.25, 0.3) is 0 Å². The van der Waals surface area contributed by atoms with Crippen LogP contribution >= 0.6 is 0 Å². The first-order chi connectivity index (χ1) is 10.2. The van der Waals surface area contributed by atoms with Crippen LogP contribution in [0.5, 0.6) is 5.75 Å². The molecule has 0 amide bonds. The fourth-order valence-electron chi connectivity index (χ4n) is 2.72. The van der Waals surface area contributed by atoms with E-state index in [4.69, 9.17) is 10.00 Å². The molecule has 0 N–H and O–H groups in total. The quantitative estimate of drug-likeness (QED) is 0.476. The van der Waals surface area contributed by atoms with Crippen LogP contribution in [0.4, 0.5) is 0 Å². The highest BCUT2D eigenvalue weighted by Gasteiger charge is 2.26. The number of hydrogen-bond acceptors (Lipinski definition) is 3. The molecular weight excluding hydrogens is 262 g/mol. The van der Waals surface area contributed by atoms with Gasteiger partial charge < -0.3 is 4.74 Å². The van der Waals surface area contributed by atoms with Gasteiger partial charge in [-0.1, -0.05) is 25.1 Å². The van der Waals surface area contributed by atoms with E-state index < -0.39 is 0 Å². The summed E-state index contributed by atoms with van der Waals surface area (Å²) in [6.07, 6.45) is 8.05. The van der Waals surface area contributed by atoms with Gasteiger partial charge in [0.15, 0.2) is 0 Å². The molecule has 1 fully saturated rings. The number of allylic oxidation sites excluding steroid dienone is 2. The van der Waals surface area contributed by atoms with Crippen molar-refractivity contribution in [1.82, 2.24) is 0 Å². The molecular formula is C18H21NO2. The van der Waals surface area contributed by atoms with Crippen molar-refractivity contribution in [1.29, 1.82) is 5.26 Å². The summed E-state index contributed by atoms with van der Waals surface area (Å²) in [5.41, 5.74) is 1.24. The first-order valence-corrected chi connectivity index (χ1v) is 7.60. The largest absolute Gasteiger partial charge is 0.426 e. The summed E-state index contributed by atoms with van der Waals surface area (Å²) in [5.74, 6) is 0.922. The monoisotopic (exact) mass is 283 g/mol. The molecule has 0 bridgehead atoms. The number of rotatable bonds is 4. The smallest absolute Gasteiger partial charge is 0.314 e.